The Balaban J connectivity index is 1.95. The van der Waals surface area contributed by atoms with Crippen LogP contribution in [0.1, 0.15) is 18.9 Å². The number of hydrogen-bond donors (Lipinski definition) is 1. The second-order valence-electron chi connectivity index (χ2n) is 5.40. The number of pyridine rings is 1. The molecule has 0 aliphatic carbocycles. The summed E-state index contributed by atoms with van der Waals surface area (Å²) < 4.78 is 13.6. The van der Waals surface area contributed by atoms with Gasteiger partial charge in [0.05, 0.1) is 11.9 Å². The predicted octanol–water partition coefficient (Wildman–Crippen LogP) is 3.06. The molecule has 0 spiro atoms. The zero-order valence-electron chi connectivity index (χ0n) is 10.8. The van der Waals surface area contributed by atoms with Gasteiger partial charge >= 0.3 is 0 Å². The molecule has 18 heavy (non-hydrogen) atoms. The van der Waals surface area contributed by atoms with Gasteiger partial charge in [0.25, 0.3) is 0 Å². The van der Waals surface area contributed by atoms with Gasteiger partial charge < -0.3 is 9.88 Å². The van der Waals surface area contributed by atoms with Gasteiger partial charge in [0.1, 0.15) is 11.8 Å². The van der Waals surface area contributed by atoms with Crippen LogP contribution in [0.4, 0.5) is 10.1 Å². The number of fused-ring (bicyclic) bond motifs is 1. The molecule has 0 saturated carbocycles. The Morgan fingerprint density at radius 3 is 3.06 bits per heavy atom. The van der Waals surface area contributed by atoms with E-state index in [1.165, 1.54) is 5.56 Å². The summed E-state index contributed by atoms with van der Waals surface area (Å²) in [4.78, 5) is 9.65. The first-order chi connectivity index (χ1) is 8.63. The third kappa shape index (κ3) is 1.96. The molecule has 2 atom stereocenters. The molecule has 3 nitrogen and oxygen atoms in total. The molecule has 96 valence electrons. The number of aromatic amines is 1. The molecular formula is C14H18FN3. The summed E-state index contributed by atoms with van der Waals surface area (Å²) in [5.74, 6) is 0.400. The summed E-state index contributed by atoms with van der Waals surface area (Å²) in [6, 6.07) is 2.11. The normalized spacial score (nSPS) is 24.7. The monoisotopic (exact) mass is 247 g/mol. The fourth-order valence-corrected chi connectivity index (χ4v) is 2.78. The second kappa shape index (κ2) is 4.26. The van der Waals surface area contributed by atoms with Gasteiger partial charge in [0, 0.05) is 24.7 Å². The minimum absolute atomic E-state index is 0.400. The fourth-order valence-electron chi connectivity index (χ4n) is 2.78. The van der Waals surface area contributed by atoms with Crippen molar-refractivity contribution in [3.8, 4) is 0 Å². The van der Waals surface area contributed by atoms with E-state index >= 15 is 0 Å². The van der Waals surface area contributed by atoms with E-state index in [0.29, 0.717) is 18.9 Å². The molecule has 1 N–H and O–H groups in total. The minimum Gasteiger partial charge on any atom is -0.367 e. The van der Waals surface area contributed by atoms with Crippen LogP contribution >= 0.6 is 0 Å². The Bertz CT molecular complexity index is 553. The first-order valence-corrected chi connectivity index (χ1v) is 6.46. The van der Waals surface area contributed by atoms with E-state index in [1.54, 1.807) is 0 Å². The summed E-state index contributed by atoms with van der Waals surface area (Å²) in [5.41, 5.74) is 3.11. The van der Waals surface area contributed by atoms with Gasteiger partial charge in [0.15, 0.2) is 0 Å². The van der Waals surface area contributed by atoms with Gasteiger partial charge in [-0.05, 0) is 30.9 Å². The lowest BCUT2D eigenvalue weighted by Crippen LogP contribution is -2.40. The Morgan fingerprint density at radius 1 is 1.44 bits per heavy atom. The quantitative estimate of drug-likeness (QED) is 0.840. The number of nitrogens with zero attached hydrogens (tertiary/aromatic N) is 2. The molecule has 2 aromatic rings. The van der Waals surface area contributed by atoms with E-state index in [0.717, 1.165) is 23.3 Å². The van der Waals surface area contributed by atoms with Crippen LogP contribution < -0.4 is 4.90 Å². The number of nitrogens with one attached hydrogen (secondary N) is 1. The first kappa shape index (κ1) is 11.5. The van der Waals surface area contributed by atoms with Gasteiger partial charge in [-0.1, -0.05) is 6.92 Å². The van der Waals surface area contributed by atoms with Crippen molar-refractivity contribution in [2.45, 2.75) is 26.4 Å². The van der Waals surface area contributed by atoms with Crippen molar-refractivity contribution in [1.82, 2.24) is 9.97 Å². The van der Waals surface area contributed by atoms with Crippen LogP contribution in [0, 0.1) is 12.8 Å². The van der Waals surface area contributed by atoms with Crippen LogP contribution in [-0.2, 0) is 0 Å². The minimum atomic E-state index is -0.725. The molecule has 3 rings (SSSR count). The predicted molar refractivity (Wildman–Crippen MR) is 71.7 cm³/mol. The van der Waals surface area contributed by atoms with Crippen molar-refractivity contribution in [2.75, 3.05) is 18.0 Å². The third-order valence-electron chi connectivity index (χ3n) is 3.70. The summed E-state index contributed by atoms with van der Waals surface area (Å²) in [6.45, 7) is 5.56. The first-order valence-electron chi connectivity index (χ1n) is 6.46. The number of aromatic nitrogens is 2. The number of H-pyrrole nitrogens is 1. The van der Waals surface area contributed by atoms with Crippen LogP contribution in [-0.4, -0.2) is 29.2 Å². The van der Waals surface area contributed by atoms with Gasteiger partial charge in [0.2, 0.25) is 0 Å². The molecule has 0 amide bonds. The molecule has 4 heteroatoms. The lowest BCUT2D eigenvalue weighted by molar-refractivity contribution is 0.246. The number of halogens is 1. The zero-order valence-corrected chi connectivity index (χ0v) is 10.8. The summed E-state index contributed by atoms with van der Waals surface area (Å²) >= 11 is 0. The number of hydrogen-bond acceptors (Lipinski definition) is 2. The smallest absolute Gasteiger partial charge is 0.137 e. The SMILES string of the molecule is Cc1c[nH]c2ncc(N3CC(C)CC(F)C3)cc12. The highest BCUT2D eigenvalue weighted by molar-refractivity contribution is 5.82. The highest BCUT2D eigenvalue weighted by Crippen LogP contribution is 2.27. The maximum Gasteiger partial charge on any atom is 0.137 e. The number of anilines is 1. The van der Waals surface area contributed by atoms with Gasteiger partial charge in [-0.3, -0.25) is 0 Å². The van der Waals surface area contributed by atoms with Gasteiger partial charge in [-0.2, -0.15) is 0 Å². The maximum absolute atomic E-state index is 13.6. The third-order valence-corrected chi connectivity index (χ3v) is 3.70. The highest BCUT2D eigenvalue weighted by atomic mass is 19.1. The van der Waals surface area contributed by atoms with E-state index in [4.69, 9.17) is 0 Å². The largest absolute Gasteiger partial charge is 0.367 e. The van der Waals surface area contributed by atoms with Crippen molar-refractivity contribution >= 4 is 16.7 Å². The number of aryl methyl sites for hydroxylation is 1. The van der Waals surface area contributed by atoms with Crippen LogP contribution in [0.2, 0.25) is 0 Å². The van der Waals surface area contributed by atoms with Crippen molar-refractivity contribution in [3.05, 3.63) is 24.0 Å². The van der Waals surface area contributed by atoms with E-state index in [1.807, 2.05) is 12.4 Å². The highest BCUT2D eigenvalue weighted by Gasteiger charge is 2.24. The molecule has 0 aromatic carbocycles. The molecule has 1 aliphatic rings. The summed E-state index contributed by atoms with van der Waals surface area (Å²) in [5, 5.41) is 1.13. The van der Waals surface area contributed by atoms with Crippen molar-refractivity contribution < 1.29 is 4.39 Å². The van der Waals surface area contributed by atoms with Crippen molar-refractivity contribution in [3.63, 3.8) is 0 Å². The molecule has 0 bridgehead atoms. The molecule has 2 unspecified atom stereocenters. The molecule has 0 radical (unpaired) electrons. The number of piperidine rings is 1. The van der Waals surface area contributed by atoms with Crippen molar-refractivity contribution in [2.24, 2.45) is 5.92 Å². The standard InChI is InChI=1S/C14H18FN3/c1-9-3-11(15)8-18(7-9)12-4-13-10(2)5-16-14(13)17-6-12/h4-6,9,11H,3,7-8H2,1-2H3,(H,16,17). The molecule has 1 fully saturated rings. The lowest BCUT2D eigenvalue weighted by Gasteiger charge is -2.34. The average Bonchev–Trinajstić information content (AvgIpc) is 2.69. The average molecular weight is 247 g/mol. The van der Waals surface area contributed by atoms with Crippen LogP contribution in [0.3, 0.4) is 0 Å². The second-order valence-corrected chi connectivity index (χ2v) is 5.40. The van der Waals surface area contributed by atoms with E-state index in [9.17, 15) is 4.39 Å². The molecule has 2 aromatic heterocycles. The lowest BCUT2D eigenvalue weighted by atomic mass is 9.98. The topological polar surface area (TPSA) is 31.9 Å². The van der Waals surface area contributed by atoms with Crippen LogP contribution in [0.5, 0.6) is 0 Å². The van der Waals surface area contributed by atoms with Gasteiger partial charge in [-0.25, -0.2) is 9.37 Å². The summed E-state index contributed by atoms with van der Waals surface area (Å²) in [6.07, 6.45) is 3.74. The summed E-state index contributed by atoms with van der Waals surface area (Å²) in [7, 11) is 0. The zero-order chi connectivity index (χ0) is 12.7. The maximum atomic E-state index is 13.6. The number of rotatable bonds is 1. The molecule has 3 heterocycles. The molecule has 1 saturated heterocycles. The van der Waals surface area contributed by atoms with Crippen LogP contribution in [0.25, 0.3) is 11.0 Å². The fraction of sp³-hybridized carbons (Fsp3) is 0.500. The Hall–Kier alpha value is -1.58. The van der Waals surface area contributed by atoms with E-state index in [-0.39, 0.29) is 0 Å². The van der Waals surface area contributed by atoms with Crippen LogP contribution in [0.15, 0.2) is 18.5 Å². The Labute approximate surface area is 106 Å². The van der Waals surface area contributed by atoms with Crippen molar-refractivity contribution in [1.29, 1.82) is 0 Å². The van der Waals surface area contributed by atoms with E-state index < -0.39 is 6.17 Å². The molecule has 1 aliphatic heterocycles. The Morgan fingerprint density at radius 2 is 2.28 bits per heavy atom. The van der Waals surface area contributed by atoms with E-state index in [2.05, 4.69) is 34.8 Å². The Kier molecular flexibility index (Phi) is 2.73. The number of alkyl halides is 1. The molecular weight excluding hydrogens is 229 g/mol. The van der Waals surface area contributed by atoms with Gasteiger partial charge in [-0.15, -0.1) is 0 Å².